The number of anilines is 1. The van der Waals surface area contributed by atoms with Crippen LogP contribution >= 0.6 is 0 Å². The van der Waals surface area contributed by atoms with Gasteiger partial charge in [0, 0.05) is 6.26 Å². The Morgan fingerprint density at radius 3 is 2.27 bits per heavy atom. The van der Waals surface area contributed by atoms with E-state index in [1.807, 2.05) is 0 Å². The van der Waals surface area contributed by atoms with Crippen molar-refractivity contribution in [2.45, 2.75) is 16.7 Å². The van der Waals surface area contributed by atoms with E-state index in [1.54, 1.807) is 0 Å². The van der Waals surface area contributed by atoms with Crippen LogP contribution in [0.2, 0.25) is 0 Å². The van der Waals surface area contributed by atoms with Gasteiger partial charge in [0.15, 0.2) is 9.84 Å². The van der Waals surface area contributed by atoms with Crippen LogP contribution in [0.4, 0.5) is 10.1 Å². The summed E-state index contributed by atoms with van der Waals surface area (Å²) in [5.74, 6) is -0.532. The van der Waals surface area contributed by atoms with Crippen molar-refractivity contribution in [3.05, 3.63) is 53.8 Å². The van der Waals surface area contributed by atoms with Gasteiger partial charge in [-0.2, -0.15) is 0 Å². The van der Waals surface area contributed by atoms with Crippen LogP contribution in [0.15, 0.2) is 52.3 Å². The van der Waals surface area contributed by atoms with Crippen molar-refractivity contribution in [3.63, 3.8) is 0 Å². The van der Waals surface area contributed by atoms with Crippen LogP contribution in [0, 0.1) is 12.7 Å². The lowest BCUT2D eigenvalue weighted by Gasteiger charge is -2.11. The van der Waals surface area contributed by atoms with E-state index in [9.17, 15) is 21.2 Å². The third kappa shape index (κ3) is 3.63. The van der Waals surface area contributed by atoms with E-state index < -0.39 is 25.7 Å². The van der Waals surface area contributed by atoms with Crippen molar-refractivity contribution in [3.8, 4) is 0 Å². The fourth-order valence-corrected chi connectivity index (χ4v) is 3.86. The summed E-state index contributed by atoms with van der Waals surface area (Å²) >= 11 is 0. The van der Waals surface area contributed by atoms with Gasteiger partial charge in [0.2, 0.25) is 0 Å². The smallest absolute Gasteiger partial charge is 0.262 e. The minimum absolute atomic E-state index is 0.00327. The molecule has 2 aromatic carbocycles. The first-order valence-electron chi connectivity index (χ1n) is 6.19. The predicted molar refractivity (Wildman–Crippen MR) is 81.5 cm³/mol. The normalized spacial score (nSPS) is 12.1. The highest BCUT2D eigenvalue weighted by Crippen LogP contribution is 2.22. The summed E-state index contributed by atoms with van der Waals surface area (Å²) in [4.78, 5) is -0.0674. The zero-order chi connectivity index (χ0) is 16.5. The molecule has 0 atom stereocenters. The quantitative estimate of drug-likeness (QED) is 0.924. The Bertz CT molecular complexity index is 922. The van der Waals surface area contributed by atoms with E-state index >= 15 is 0 Å². The lowest BCUT2D eigenvalue weighted by molar-refractivity contribution is 0.597. The van der Waals surface area contributed by atoms with Gasteiger partial charge < -0.3 is 0 Å². The largest absolute Gasteiger partial charge is 0.280 e. The third-order valence-corrected chi connectivity index (χ3v) is 5.59. The molecule has 0 unspecified atom stereocenters. The zero-order valence-corrected chi connectivity index (χ0v) is 13.5. The number of nitrogens with one attached hydrogen (secondary N) is 1. The van der Waals surface area contributed by atoms with Crippen molar-refractivity contribution in [1.82, 2.24) is 0 Å². The van der Waals surface area contributed by atoms with Crippen molar-refractivity contribution in [1.29, 1.82) is 0 Å². The van der Waals surface area contributed by atoms with Crippen LogP contribution in [-0.2, 0) is 19.9 Å². The second kappa shape index (κ2) is 5.69. The Kier molecular flexibility index (Phi) is 4.25. The number of hydrogen-bond acceptors (Lipinski definition) is 4. The number of rotatable bonds is 4. The van der Waals surface area contributed by atoms with Gasteiger partial charge in [-0.3, -0.25) is 4.72 Å². The summed E-state index contributed by atoms with van der Waals surface area (Å²) in [6.45, 7) is 1.48. The molecular weight excluding hydrogens is 329 g/mol. The molecule has 1 N–H and O–H groups in total. The van der Waals surface area contributed by atoms with E-state index in [4.69, 9.17) is 0 Å². The number of benzene rings is 2. The second-order valence-corrected chi connectivity index (χ2v) is 8.48. The first-order chi connectivity index (χ1) is 10.1. The Balaban J connectivity index is 2.41. The summed E-state index contributed by atoms with van der Waals surface area (Å²) in [5.41, 5.74) is 0.374. The first kappa shape index (κ1) is 16.4. The maximum Gasteiger partial charge on any atom is 0.262 e. The minimum atomic E-state index is -3.93. The third-order valence-electron chi connectivity index (χ3n) is 2.94. The molecule has 0 radical (unpaired) electrons. The van der Waals surface area contributed by atoms with Crippen molar-refractivity contribution in [2.75, 3.05) is 11.0 Å². The topological polar surface area (TPSA) is 80.3 Å². The predicted octanol–water partition coefficient (Wildman–Crippen LogP) is 2.34. The van der Waals surface area contributed by atoms with Gasteiger partial charge in [-0.15, -0.1) is 0 Å². The van der Waals surface area contributed by atoms with Gasteiger partial charge >= 0.3 is 0 Å². The van der Waals surface area contributed by atoms with Gasteiger partial charge in [-0.1, -0.05) is 6.07 Å². The molecule has 0 aliphatic carbocycles. The molecule has 118 valence electrons. The first-order valence-corrected chi connectivity index (χ1v) is 9.56. The molecule has 0 amide bonds. The number of sulfone groups is 1. The van der Waals surface area contributed by atoms with E-state index in [0.717, 1.165) is 24.5 Å². The number of sulfonamides is 1. The van der Waals surface area contributed by atoms with E-state index in [2.05, 4.69) is 4.72 Å². The molecule has 0 bridgehead atoms. The van der Waals surface area contributed by atoms with Crippen LogP contribution in [0.5, 0.6) is 0 Å². The average molecular weight is 343 g/mol. The molecule has 0 saturated carbocycles. The minimum Gasteiger partial charge on any atom is -0.280 e. The number of aryl methyl sites for hydroxylation is 1. The molecule has 22 heavy (non-hydrogen) atoms. The highest BCUT2D eigenvalue weighted by Gasteiger charge is 2.18. The van der Waals surface area contributed by atoms with Crippen LogP contribution in [0.1, 0.15) is 5.56 Å². The lowest BCUT2D eigenvalue weighted by atomic mass is 10.2. The van der Waals surface area contributed by atoms with Gasteiger partial charge in [0.25, 0.3) is 10.0 Å². The molecule has 0 aliphatic rings. The Hall–Kier alpha value is -1.93. The lowest BCUT2D eigenvalue weighted by Crippen LogP contribution is -2.14. The fourth-order valence-electron chi connectivity index (χ4n) is 1.91. The summed E-state index contributed by atoms with van der Waals surface area (Å²) < 4.78 is 63.0. The maximum atomic E-state index is 13.1. The summed E-state index contributed by atoms with van der Waals surface area (Å²) in [6, 6.07) is 8.79. The number of halogens is 1. The Labute approximate surface area is 128 Å². The molecule has 0 fully saturated rings. The second-order valence-electron chi connectivity index (χ2n) is 4.82. The highest BCUT2D eigenvalue weighted by atomic mass is 32.2. The SMILES string of the molecule is Cc1cc(F)ccc1S(=O)(=O)Nc1cccc(S(C)(=O)=O)c1. The van der Waals surface area contributed by atoms with Gasteiger partial charge in [-0.05, 0) is 48.9 Å². The molecule has 8 heteroatoms. The molecule has 5 nitrogen and oxygen atoms in total. The molecule has 0 aromatic heterocycles. The van der Waals surface area contributed by atoms with Crippen LogP contribution in [-0.4, -0.2) is 23.1 Å². The van der Waals surface area contributed by atoms with E-state index in [0.29, 0.717) is 0 Å². The Morgan fingerprint density at radius 2 is 1.68 bits per heavy atom. The van der Waals surface area contributed by atoms with E-state index in [-0.39, 0.29) is 21.0 Å². The monoisotopic (exact) mass is 343 g/mol. The molecule has 0 heterocycles. The summed E-state index contributed by atoms with van der Waals surface area (Å²) in [7, 11) is -7.38. The summed E-state index contributed by atoms with van der Waals surface area (Å²) in [5, 5.41) is 0. The van der Waals surface area contributed by atoms with Crippen LogP contribution < -0.4 is 4.72 Å². The van der Waals surface area contributed by atoms with Crippen molar-refractivity contribution < 1.29 is 21.2 Å². The molecule has 2 aromatic rings. The Morgan fingerprint density at radius 1 is 1.00 bits per heavy atom. The van der Waals surface area contributed by atoms with Crippen LogP contribution in [0.25, 0.3) is 0 Å². The molecular formula is C14H14FNO4S2. The number of hydrogen-bond donors (Lipinski definition) is 1. The van der Waals surface area contributed by atoms with Gasteiger partial charge in [0.05, 0.1) is 15.5 Å². The van der Waals surface area contributed by atoms with Gasteiger partial charge in [0.1, 0.15) is 5.82 Å². The van der Waals surface area contributed by atoms with Crippen LogP contribution in [0.3, 0.4) is 0 Å². The molecule has 0 spiro atoms. The summed E-state index contributed by atoms with van der Waals surface area (Å²) in [6.07, 6.45) is 1.03. The standard InChI is InChI=1S/C14H14FNO4S2/c1-10-8-11(15)6-7-14(10)22(19,20)16-12-4-3-5-13(9-12)21(2,17)18/h3-9,16H,1-2H3. The molecule has 0 aliphatic heterocycles. The molecule has 2 rings (SSSR count). The highest BCUT2D eigenvalue weighted by molar-refractivity contribution is 7.92. The molecule has 0 saturated heterocycles. The van der Waals surface area contributed by atoms with E-state index in [1.165, 1.54) is 31.2 Å². The zero-order valence-electron chi connectivity index (χ0n) is 11.9. The van der Waals surface area contributed by atoms with Gasteiger partial charge in [-0.25, -0.2) is 21.2 Å². The van der Waals surface area contributed by atoms with Crippen molar-refractivity contribution >= 4 is 25.5 Å². The van der Waals surface area contributed by atoms with Crippen molar-refractivity contribution in [2.24, 2.45) is 0 Å². The maximum absolute atomic E-state index is 13.1. The fraction of sp³-hybridized carbons (Fsp3) is 0.143. The average Bonchev–Trinajstić information content (AvgIpc) is 2.36.